The van der Waals surface area contributed by atoms with E-state index in [9.17, 15) is 5.11 Å². The molecule has 1 fully saturated rings. The van der Waals surface area contributed by atoms with E-state index in [1.54, 1.807) is 0 Å². The molecule has 0 amide bonds. The number of rotatable bonds is 7. The van der Waals surface area contributed by atoms with Gasteiger partial charge in [0.1, 0.15) is 0 Å². The third kappa shape index (κ3) is 4.12. The van der Waals surface area contributed by atoms with E-state index in [0.717, 1.165) is 25.3 Å². The Hall–Kier alpha value is -0.0800. The minimum Gasteiger partial charge on any atom is -0.389 e. The number of hydrogen-bond donors (Lipinski definition) is 2. The molecule has 0 aromatic rings. The van der Waals surface area contributed by atoms with Gasteiger partial charge in [-0.05, 0) is 38.0 Å². The molecule has 1 rings (SSSR count). The summed E-state index contributed by atoms with van der Waals surface area (Å²) in [5, 5.41) is 13.5. The molecule has 0 spiro atoms. The molecule has 0 radical (unpaired) electrons. The van der Waals surface area contributed by atoms with Crippen molar-refractivity contribution >= 4 is 0 Å². The van der Waals surface area contributed by atoms with E-state index >= 15 is 0 Å². The zero-order valence-corrected chi connectivity index (χ0v) is 10.6. The van der Waals surface area contributed by atoms with Crippen LogP contribution in [0.2, 0.25) is 0 Å². The fraction of sp³-hybridized carbons (Fsp3) is 1.00. The first-order valence-corrected chi connectivity index (χ1v) is 6.55. The zero-order chi connectivity index (χ0) is 11.3. The van der Waals surface area contributed by atoms with Gasteiger partial charge in [-0.3, -0.25) is 0 Å². The molecule has 2 nitrogen and oxygen atoms in total. The van der Waals surface area contributed by atoms with Crippen LogP contribution in [0.15, 0.2) is 0 Å². The third-order valence-electron chi connectivity index (χ3n) is 3.88. The van der Waals surface area contributed by atoms with Crippen molar-refractivity contribution in [2.45, 2.75) is 70.9 Å². The smallest absolute Gasteiger partial charge is 0.0771 e. The van der Waals surface area contributed by atoms with Crippen molar-refractivity contribution in [2.24, 2.45) is 5.92 Å². The van der Waals surface area contributed by atoms with Crippen molar-refractivity contribution in [1.29, 1.82) is 0 Å². The second-order valence-electron chi connectivity index (χ2n) is 5.31. The Morgan fingerprint density at radius 2 is 1.93 bits per heavy atom. The molecule has 0 aliphatic heterocycles. The van der Waals surface area contributed by atoms with Crippen LogP contribution >= 0.6 is 0 Å². The van der Waals surface area contributed by atoms with Gasteiger partial charge in [-0.2, -0.15) is 0 Å². The summed E-state index contributed by atoms with van der Waals surface area (Å²) in [6.07, 6.45) is 6.83. The molecule has 2 atom stereocenters. The molecule has 0 saturated heterocycles. The molecular weight excluding hydrogens is 186 g/mol. The van der Waals surface area contributed by atoms with Crippen LogP contribution in [0.5, 0.6) is 0 Å². The summed E-state index contributed by atoms with van der Waals surface area (Å²) in [4.78, 5) is 0. The monoisotopic (exact) mass is 213 g/mol. The molecule has 90 valence electrons. The number of nitrogens with one attached hydrogen (secondary N) is 1. The van der Waals surface area contributed by atoms with E-state index in [1.165, 1.54) is 25.7 Å². The van der Waals surface area contributed by atoms with E-state index in [0.29, 0.717) is 6.04 Å². The molecule has 2 N–H and O–H groups in total. The van der Waals surface area contributed by atoms with Gasteiger partial charge in [0.15, 0.2) is 0 Å². The van der Waals surface area contributed by atoms with E-state index in [2.05, 4.69) is 26.1 Å². The molecular formula is C13H27NO. The minimum atomic E-state index is -0.372. The highest BCUT2D eigenvalue weighted by Gasteiger charge is 2.34. The molecule has 0 aromatic carbocycles. The summed E-state index contributed by atoms with van der Waals surface area (Å²) in [6, 6.07) is 0.588. The Morgan fingerprint density at radius 1 is 1.27 bits per heavy atom. The normalized spacial score (nSPS) is 23.2. The Morgan fingerprint density at radius 3 is 2.33 bits per heavy atom. The Kier molecular flexibility index (Phi) is 5.07. The van der Waals surface area contributed by atoms with Crippen molar-refractivity contribution in [3.8, 4) is 0 Å². The zero-order valence-electron chi connectivity index (χ0n) is 10.6. The van der Waals surface area contributed by atoms with Crippen LogP contribution in [0.4, 0.5) is 0 Å². The van der Waals surface area contributed by atoms with Gasteiger partial charge in [-0.1, -0.05) is 27.2 Å². The van der Waals surface area contributed by atoms with Gasteiger partial charge in [0.25, 0.3) is 0 Å². The van der Waals surface area contributed by atoms with Crippen LogP contribution in [0, 0.1) is 5.92 Å². The van der Waals surface area contributed by atoms with Gasteiger partial charge in [0, 0.05) is 12.6 Å². The van der Waals surface area contributed by atoms with Crippen LogP contribution in [0.25, 0.3) is 0 Å². The molecule has 2 unspecified atom stereocenters. The van der Waals surface area contributed by atoms with Crippen LogP contribution in [-0.2, 0) is 0 Å². The molecule has 2 heteroatoms. The SMILES string of the molecule is CCC(C)CC(CC)NCC1(O)CCC1. The fourth-order valence-corrected chi connectivity index (χ4v) is 2.14. The lowest BCUT2D eigenvalue weighted by molar-refractivity contribution is -0.0337. The van der Waals surface area contributed by atoms with Gasteiger partial charge in [0.2, 0.25) is 0 Å². The average Bonchev–Trinajstić information content (AvgIpc) is 2.21. The average molecular weight is 213 g/mol. The van der Waals surface area contributed by atoms with Crippen molar-refractivity contribution in [3.63, 3.8) is 0 Å². The molecule has 1 aliphatic rings. The maximum Gasteiger partial charge on any atom is 0.0771 e. The van der Waals surface area contributed by atoms with Crippen molar-refractivity contribution in [2.75, 3.05) is 6.54 Å². The first kappa shape index (κ1) is 13.0. The van der Waals surface area contributed by atoms with E-state index in [-0.39, 0.29) is 5.60 Å². The third-order valence-corrected chi connectivity index (χ3v) is 3.88. The van der Waals surface area contributed by atoms with Crippen molar-refractivity contribution < 1.29 is 5.11 Å². The van der Waals surface area contributed by atoms with Crippen LogP contribution < -0.4 is 5.32 Å². The van der Waals surface area contributed by atoms with E-state index < -0.39 is 0 Å². The lowest BCUT2D eigenvalue weighted by atomic mass is 9.80. The molecule has 0 aromatic heterocycles. The quantitative estimate of drug-likeness (QED) is 0.681. The van der Waals surface area contributed by atoms with Gasteiger partial charge < -0.3 is 10.4 Å². The van der Waals surface area contributed by atoms with Gasteiger partial charge in [-0.25, -0.2) is 0 Å². The number of hydrogen-bond acceptors (Lipinski definition) is 2. The van der Waals surface area contributed by atoms with Gasteiger partial charge >= 0.3 is 0 Å². The lowest BCUT2D eigenvalue weighted by Gasteiger charge is -2.38. The first-order chi connectivity index (χ1) is 7.09. The summed E-state index contributed by atoms with van der Waals surface area (Å²) < 4.78 is 0. The molecule has 1 saturated carbocycles. The summed E-state index contributed by atoms with van der Waals surface area (Å²) in [5.74, 6) is 0.790. The standard InChI is InChI=1S/C13H27NO/c1-4-11(3)9-12(5-2)14-10-13(15)7-6-8-13/h11-12,14-15H,4-10H2,1-3H3. The van der Waals surface area contributed by atoms with E-state index in [4.69, 9.17) is 0 Å². The van der Waals surface area contributed by atoms with Gasteiger partial charge in [0.05, 0.1) is 5.60 Å². The molecule has 0 heterocycles. The molecule has 1 aliphatic carbocycles. The lowest BCUT2D eigenvalue weighted by Crippen LogP contribution is -2.49. The van der Waals surface area contributed by atoms with Crippen LogP contribution in [-0.4, -0.2) is 23.3 Å². The second kappa shape index (κ2) is 5.86. The Bertz CT molecular complexity index is 177. The highest BCUT2D eigenvalue weighted by Crippen LogP contribution is 2.30. The number of aliphatic hydroxyl groups is 1. The molecule has 0 bridgehead atoms. The first-order valence-electron chi connectivity index (χ1n) is 6.55. The molecule has 15 heavy (non-hydrogen) atoms. The Labute approximate surface area is 94.5 Å². The summed E-state index contributed by atoms with van der Waals surface area (Å²) >= 11 is 0. The van der Waals surface area contributed by atoms with E-state index in [1.807, 2.05) is 0 Å². The predicted octanol–water partition coefficient (Wildman–Crippen LogP) is 2.71. The minimum absolute atomic E-state index is 0.372. The second-order valence-corrected chi connectivity index (χ2v) is 5.31. The Balaban J connectivity index is 2.21. The topological polar surface area (TPSA) is 32.3 Å². The highest BCUT2D eigenvalue weighted by molar-refractivity contribution is 4.90. The van der Waals surface area contributed by atoms with Crippen molar-refractivity contribution in [1.82, 2.24) is 5.32 Å². The fourth-order valence-electron chi connectivity index (χ4n) is 2.14. The largest absolute Gasteiger partial charge is 0.389 e. The summed E-state index contributed by atoms with van der Waals surface area (Å²) in [6.45, 7) is 7.58. The van der Waals surface area contributed by atoms with Crippen LogP contribution in [0.1, 0.15) is 59.3 Å². The highest BCUT2D eigenvalue weighted by atomic mass is 16.3. The van der Waals surface area contributed by atoms with Gasteiger partial charge in [-0.15, -0.1) is 0 Å². The summed E-state index contributed by atoms with van der Waals surface area (Å²) in [7, 11) is 0. The maximum absolute atomic E-state index is 9.98. The van der Waals surface area contributed by atoms with Crippen molar-refractivity contribution in [3.05, 3.63) is 0 Å². The maximum atomic E-state index is 9.98. The summed E-state index contributed by atoms with van der Waals surface area (Å²) in [5.41, 5.74) is -0.372. The predicted molar refractivity (Wildman–Crippen MR) is 65.0 cm³/mol. The van der Waals surface area contributed by atoms with Crippen LogP contribution in [0.3, 0.4) is 0 Å².